The number of sulfone groups is 1. The first-order valence-corrected chi connectivity index (χ1v) is 6.82. The number of hydrogen-bond acceptors (Lipinski definition) is 4. The number of hydrogen-bond donors (Lipinski definition) is 1. The minimum atomic E-state index is -4.64. The molecule has 1 rings (SSSR count). The van der Waals surface area contributed by atoms with E-state index in [1.165, 1.54) is 24.3 Å². The van der Waals surface area contributed by atoms with Crippen molar-refractivity contribution in [2.75, 3.05) is 24.7 Å². The third kappa shape index (κ3) is 5.37. The molecule has 0 radical (unpaired) electrons. The predicted molar refractivity (Wildman–Crippen MR) is 60.0 cm³/mol. The second kappa shape index (κ2) is 5.57. The zero-order chi connectivity index (χ0) is 13.8. The van der Waals surface area contributed by atoms with Crippen LogP contribution in [-0.4, -0.2) is 34.2 Å². The summed E-state index contributed by atoms with van der Waals surface area (Å²) in [6.45, 7) is -0.547. The first-order chi connectivity index (χ1) is 8.18. The van der Waals surface area contributed by atoms with Crippen LogP contribution in [0.1, 0.15) is 0 Å². The molecule has 18 heavy (non-hydrogen) atoms. The Labute approximate surface area is 103 Å². The van der Waals surface area contributed by atoms with Gasteiger partial charge in [0.1, 0.15) is 0 Å². The smallest absolute Gasteiger partial charge is 0.383 e. The van der Waals surface area contributed by atoms with E-state index < -0.39 is 22.8 Å². The molecule has 0 aromatic heterocycles. The number of benzene rings is 1. The molecule has 4 nitrogen and oxygen atoms in total. The van der Waals surface area contributed by atoms with Gasteiger partial charge in [-0.15, -0.1) is 13.2 Å². The molecule has 1 aromatic rings. The molecule has 1 N–H and O–H groups in total. The Hall–Kier alpha value is -1.28. The maximum absolute atomic E-state index is 11.6. The summed E-state index contributed by atoms with van der Waals surface area (Å²) in [4.78, 5) is 0.152. The topological polar surface area (TPSA) is 55.4 Å². The van der Waals surface area contributed by atoms with Crippen LogP contribution in [-0.2, 0) is 14.6 Å². The van der Waals surface area contributed by atoms with Crippen LogP contribution < -0.4 is 5.32 Å². The third-order valence-electron chi connectivity index (χ3n) is 1.98. The summed E-state index contributed by atoms with van der Waals surface area (Å²) < 4.78 is 60.8. The van der Waals surface area contributed by atoms with Gasteiger partial charge in [0.25, 0.3) is 0 Å². The SMILES string of the molecule is CS(=O)(=O)c1ccc(NCCOC(F)(F)F)cc1. The second-order valence-electron chi connectivity index (χ2n) is 3.52. The summed E-state index contributed by atoms with van der Waals surface area (Å²) >= 11 is 0. The summed E-state index contributed by atoms with van der Waals surface area (Å²) in [7, 11) is -3.27. The van der Waals surface area contributed by atoms with Crippen LogP contribution in [0.2, 0.25) is 0 Å². The van der Waals surface area contributed by atoms with Crippen molar-refractivity contribution in [2.24, 2.45) is 0 Å². The van der Waals surface area contributed by atoms with Gasteiger partial charge in [-0.3, -0.25) is 4.74 Å². The number of ether oxygens (including phenoxy) is 1. The maximum atomic E-state index is 11.6. The molecule has 0 amide bonds. The van der Waals surface area contributed by atoms with Crippen LogP contribution >= 0.6 is 0 Å². The molecule has 0 saturated carbocycles. The van der Waals surface area contributed by atoms with E-state index in [1.54, 1.807) is 0 Å². The fraction of sp³-hybridized carbons (Fsp3) is 0.400. The zero-order valence-corrected chi connectivity index (χ0v) is 10.3. The van der Waals surface area contributed by atoms with E-state index >= 15 is 0 Å². The van der Waals surface area contributed by atoms with Crippen molar-refractivity contribution in [3.05, 3.63) is 24.3 Å². The maximum Gasteiger partial charge on any atom is 0.522 e. The lowest BCUT2D eigenvalue weighted by Crippen LogP contribution is -2.19. The van der Waals surface area contributed by atoms with E-state index in [9.17, 15) is 21.6 Å². The fourth-order valence-corrected chi connectivity index (χ4v) is 1.81. The fourth-order valence-electron chi connectivity index (χ4n) is 1.18. The minimum Gasteiger partial charge on any atom is -0.383 e. The lowest BCUT2D eigenvalue weighted by atomic mass is 10.3. The van der Waals surface area contributed by atoms with E-state index in [-0.39, 0.29) is 11.4 Å². The van der Waals surface area contributed by atoms with E-state index in [0.29, 0.717) is 5.69 Å². The van der Waals surface area contributed by atoms with Crippen molar-refractivity contribution in [1.29, 1.82) is 0 Å². The van der Waals surface area contributed by atoms with Gasteiger partial charge in [-0.25, -0.2) is 8.42 Å². The highest BCUT2D eigenvalue weighted by atomic mass is 32.2. The molecule has 0 atom stereocenters. The molecule has 0 fully saturated rings. The number of anilines is 1. The van der Waals surface area contributed by atoms with Crippen molar-refractivity contribution in [1.82, 2.24) is 0 Å². The standard InChI is InChI=1S/C10H12F3NO3S/c1-18(15,16)9-4-2-8(3-5-9)14-6-7-17-10(11,12)13/h2-5,14H,6-7H2,1H3. The summed E-state index contributed by atoms with van der Waals surface area (Å²) in [6.07, 6.45) is -3.56. The largest absolute Gasteiger partial charge is 0.522 e. The molecular formula is C10H12F3NO3S. The van der Waals surface area contributed by atoms with E-state index in [0.717, 1.165) is 6.26 Å². The zero-order valence-electron chi connectivity index (χ0n) is 9.49. The van der Waals surface area contributed by atoms with Gasteiger partial charge < -0.3 is 5.32 Å². The van der Waals surface area contributed by atoms with Gasteiger partial charge in [0, 0.05) is 18.5 Å². The number of rotatable bonds is 5. The first kappa shape index (κ1) is 14.8. The van der Waals surface area contributed by atoms with Gasteiger partial charge in [-0.05, 0) is 24.3 Å². The van der Waals surface area contributed by atoms with Gasteiger partial charge in [0.15, 0.2) is 9.84 Å². The Morgan fingerprint density at radius 1 is 1.22 bits per heavy atom. The first-order valence-electron chi connectivity index (χ1n) is 4.93. The molecule has 0 heterocycles. The summed E-state index contributed by atoms with van der Waals surface area (Å²) in [5, 5.41) is 2.68. The Bertz CT molecular complexity index is 482. The van der Waals surface area contributed by atoms with Gasteiger partial charge in [-0.1, -0.05) is 0 Å². The van der Waals surface area contributed by atoms with Crippen LogP contribution in [0, 0.1) is 0 Å². The average Bonchev–Trinajstić information content (AvgIpc) is 2.22. The van der Waals surface area contributed by atoms with E-state index in [1.807, 2.05) is 0 Å². The van der Waals surface area contributed by atoms with E-state index in [2.05, 4.69) is 10.1 Å². The molecule has 0 aliphatic carbocycles. The number of alkyl halides is 3. The molecule has 0 aliphatic rings. The van der Waals surface area contributed by atoms with Crippen LogP contribution in [0.5, 0.6) is 0 Å². The van der Waals surface area contributed by atoms with Gasteiger partial charge in [0.05, 0.1) is 11.5 Å². The molecule has 0 unspecified atom stereocenters. The van der Waals surface area contributed by atoms with E-state index in [4.69, 9.17) is 0 Å². The van der Waals surface area contributed by atoms with Crippen molar-refractivity contribution < 1.29 is 26.3 Å². The normalized spacial score (nSPS) is 12.4. The molecule has 0 aliphatic heterocycles. The summed E-state index contributed by atoms with van der Waals surface area (Å²) in [5.41, 5.74) is 0.521. The van der Waals surface area contributed by atoms with Crippen LogP contribution in [0.3, 0.4) is 0 Å². The number of nitrogens with one attached hydrogen (secondary N) is 1. The van der Waals surface area contributed by atoms with Crippen molar-refractivity contribution in [2.45, 2.75) is 11.3 Å². The summed E-state index contributed by atoms with van der Waals surface area (Å²) in [5.74, 6) is 0. The molecule has 0 spiro atoms. The molecule has 1 aromatic carbocycles. The van der Waals surface area contributed by atoms with Crippen molar-refractivity contribution >= 4 is 15.5 Å². The van der Waals surface area contributed by atoms with Crippen molar-refractivity contribution in [3.8, 4) is 0 Å². The second-order valence-corrected chi connectivity index (χ2v) is 5.53. The molecule has 8 heteroatoms. The molecule has 0 bridgehead atoms. The number of halogens is 3. The van der Waals surface area contributed by atoms with Gasteiger partial charge in [0.2, 0.25) is 0 Å². The Morgan fingerprint density at radius 2 is 1.78 bits per heavy atom. The lowest BCUT2D eigenvalue weighted by Gasteiger charge is -2.09. The highest BCUT2D eigenvalue weighted by Gasteiger charge is 2.28. The monoisotopic (exact) mass is 283 g/mol. The quantitative estimate of drug-likeness (QED) is 0.840. The van der Waals surface area contributed by atoms with Crippen LogP contribution in [0.25, 0.3) is 0 Å². The Kier molecular flexibility index (Phi) is 4.58. The molecule has 102 valence electrons. The highest BCUT2D eigenvalue weighted by Crippen LogP contribution is 2.16. The lowest BCUT2D eigenvalue weighted by molar-refractivity contribution is -0.322. The van der Waals surface area contributed by atoms with Crippen LogP contribution in [0.15, 0.2) is 29.2 Å². The molecule has 0 saturated heterocycles. The summed E-state index contributed by atoms with van der Waals surface area (Å²) in [6, 6.07) is 5.71. The van der Waals surface area contributed by atoms with Crippen molar-refractivity contribution in [3.63, 3.8) is 0 Å². The predicted octanol–water partition coefficient (Wildman–Crippen LogP) is 2.04. The van der Waals surface area contributed by atoms with Crippen LogP contribution in [0.4, 0.5) is 18.9 Å². The minimum absolute atomic E-state index is 0.0300. The highest BCUT2D eigenvalue weighted by molar-refractivity contribution is 7.90. The average molecular weight is 283 g/mol. The van der Waals surface area contributed by atoms with Gasteiger partial charge in [-0.2, -0.15) is 0 Å². The third-order valence-corrected chi connectivity index (χ3v) is 3.11. The Balaban J connectivity index is 2.45. The molecular weight excluding hydrogens is 271 g/mol. The Morgan fingerprint density at radius 3 is 2.22 bits per heavy atom. The van der Waals surface area contributed by atoms with Gasteiger partial charge >= 0.3 is 6.36 Å².